The van der Waals surface area contributed by atoms with Crippen LogP contribution < -0.4 is 10.6 Å². The number of benzene rings is 1. The summed E-state index contributed by atoms with van der Waals surface area (Å²) in [5.74, 6) is 0.363. The SMILES string of the molecule is C=CCOC(=O)N/C(=N\CCCCCC)Nc1ccc(C2OCCO2)cc1. The number of guanidine groups is 1. The summed E-state index contributed by atoms with van der Waals surface area (Å²) < 4.78 is 15.9. The lowest BCUT2D eigenvalue weighted by Crippen LogP contribution is -2.36. The minimum absolute atomic E-state index is 0.145. The Morgan fingerprint density at radius 3 is 2.67 bits per heavy atom. The maximum absolute atomic E-state index is 11.8. The van der Waals surface area contributed by atoms with Gasteiger partial charge in [0.05, 0.1) is 13.2 Å². The van der Waals surface area contributed by atoms with E-state index in [9.17, 15) is 4.79 Å². The van der Waals surface area contributed by atoms with E-state index < -0.39 is 6.09 Å². The number of anilines is 1. The first-order valence-electron chi connectivity index (χ1n) is 9.42. The maximum Gasteiger partial charge on any atom is 0.414 e. The highest BCUT2D eigenvalue weighted by Gasteiger charge is 2.18. The number of carbonyl (C=O) groups is 1. The topological polar surface area (TPSA) is 81.2 Å². The molecule has 27 heavy (non-hydrogen) atoms. The van der Waals surface area contributed by atoms with Crippen LogP contribution in [0.2, 0.25) is 0 Å². The normalized spacial score (nSPS) is 14.8. The van der Waals surface area contributed by atoms with Crippen LogP contribution in [0.5, 0.6) is 0 Å². The van der Waals surface area contributed by atoms with Gasteiger partial charge in [0, 0.05) is 17.8 Å². The van der Waals surface area contributed by atoms with E-state index in [1.165, 1.54) is 18.9 Å². The Morgan fingerprint density at radius 2 is 2.00 bits per heavy atom. The fourth-order valence-electron chi connectivity index (χ4n) is 2.52. The Morgan fingerprint density at radius 1 is 1.26 bits per heavy atom. The van der Waals surface area contributed by atoms with E-state index in [0.717, 1.165) is 24.1 Å². The van der Waals surface area contributed by atoms with E-state index >= 15 is 0 Å². The van der Waals surface area contributed by atoms with Crippen molar-refractivity contribution in [2.45, 2.75) is 38.9 Å². The molecule has 7 nitrogen and oxygen atoms in total. The number of amides is 1. The van der Waals surface area contributed by atoms with Crippen molar-refractivity contribution in [3.8, 4) is 0 Å². The van der Waals surface area contributed by atoms with Crippen LogP contribution in [0.4, 0.5) is 10.5 Å². The molecule has 0 atom stereocenters. The van der Waals surface area contributed by atoms with Gasteiger partial charge >= 0.3 is 6.09 Å². The largest absolute Gasteiger partial charge is 0.445 e. The Bertz CT molecular complexity index is 610. The standard InChI is InChI=1S/C20H29N3O4/c1-3-5-6-7-12-21-19(23-20(24)27-13-4-2)22-17-10-8-16(9-11-17)18-25-14-15-26-18/h4,8-11,18H,2-3,5-7,12-15H2,1H3,(H2,21,22,23,24). The fourth-order valence-corrected chi connectivity index (χ4v) is 2.52. The van der Waals surface area contributed by atoms with Crippen LogP contribution in [0.25, 0.3) is 0 Å². The molecule has 7 heteroatoms. The summed E-state index contributed by atoms with van der Waals surface area (Å²) in [6.07, 6.45) is 5.07. The van der Waals surface area contributed by atoms with Crippen LogP contribution >= 0.6 is 0 Å². The van der Waals surface area contributed by atoms with Crippen molar-refractivity contribution in [3.63, 3.8) is 0 Å². The van der Waals surface area contributed by atoms with Gasteiger partial charge in [0.1, 0.15) is 6.61 Å². The Balaban J connectivity index is 1.95. The number of nitrogens with one attached hydrogen (secondary N) is 2. The number of aliphatic imine (C=N–C) groups is 1. The number of nitrogens with zero attached hydrogens (tertiary/aromatic N) is 1. The summed E-state index contributed by atoms with van der Waals surface area (Å²) in [5, 5.41) is 5.77. The third kappa shape index (κ3) is 7.80. The molecule has 0 aromatic heterocycles. The fraction of sp³-hybridized carbons (Fsp3) is 0.500. The van der Waals surface area contributed by atoms with E-state index in [0.29, 0.717) is 25.7 Å². The lowest BCUT2D eigenvalue weighted by molar-refractivity contribution is -0.0441. The average molecular weight is 375 g/mol. The van der Waals surface area contributed by atoms with Crippen molar-refractivity contribution in [2.75, 3.05) is 31.7 Å². The van der Waals surface area contributed by atoms with Crippen molar-refractivity contribution in [1.82, 2.24) is 5.32 Å². The average Bonchev–Trinajstić information content (AvgIpc) is 3.21. The molecule has 0 spiro atoms. The number of hydrogen-bond donors (Lipinski definition) is 2. The van der Waals surface area contributed by atoms with Gasteiger partial charge in [0.25, 0.3) is 0 Å². The second-order valence-electron chi connectivity index (χ2n) is 6.12. The molecule has 148 valence electrons. The molecule has 1 aromatic carbocycles. The highest BCUT2D eigenvalue weighted by Crippen LogP contribution is 2.24. The summed E-state index contributed by atoms with van der Waals surface area (Å²) in [4.78, 5) is 16.3. The quantitative estimate of drug-likeness (QED) is 0.295. The van der Waals surface area contributed by atoms with E-state index in [2.05, 4.69) is 29.1 Å². The molecule has 0 aliphatic carbocycles. The minimum atomic E-state index is -0.570. The van der Waals surface area contributed by atoms with Crippen LogP contribution in [0.15, 0.2) is 41.9 Å². The van der Waals surface area contributed by atoms with Gasteiger partial charge < -0.3 is 19.5 Å². The van der Waals surface area contributed by atoms with Crippen LogP contribution in [0.3, 0.4) is 0 Å². The number of unbranched alkanes of at least 4 members (excludes halogenated alkanes) is 3. The molecule has 1 aliphatic heterocycles. The highest BCUT2D eigenvalue weighted by molar-refractivity contribution is 6.02. The predicted octanol–water partition coefficient (Wildman–Crippen LogP) is 3.99. The van der Waals surface area contributed by atoms with Gasteiger partial charge in [0.15, 0.2) is 6.29 Å². The molecule has 2 N–H and O–H groups in total. The molecule has 0 radical (unpaired) electrons. The summed E-state index contributed by atoms with van der Waals surface area (Å²) >= 11 is 0. The van der Waals surface area contributed by atoms with Crippen LogP contribution in [0.1, 0.15) is 44.5 Å². The van der Waals surface area contributed by atoms with Crippen molar-refractivity contribution in [1.29, 1.82) is 0 Å². The summed E-state index contributed by atoms with van der Waals surface area (Å²) in [7, 11) is 0. The van der Waals surface area contributed by atoms with E-state index in [1.54, 1.807) is 0 Å². The first kappa shape index (κ1) is 20.9. The van der Waals surface area contributed by atoms with Gasteiger partial charge in [-0.25, -0.2) is 4.79 Å². The monoisotopic (exact) mass is 375 g/mol. The molecule has 1 heterocycles. The zero-order valence-corrected chi connectivity index (χ0v) is 15.9. The highest BCUT2D eigenvalue weighted by atomic mass is 16.7. The molecule has 1 fully saturated rings. The Labute approximate surface area is 160 Å². The van der Waals surface area contributed by atoms with Gasteiger partial charge in [0.2, 0.25) is 5.96 Å². The second kappa shape index (κ2) is 12.1. The van der Waals surface area contributed by atoms with Crippen LogP contribution in [-0.4, -0.2) is 38.4 Å². The minimum Gasteiger partial charge on any atom is -0.445 e. The first-order valence-corrected chi connectivity index (χ1v) is 9.42. The molecule has 1 aromatic rings. The van der Waals surface area contributed by atoms with E-state index in [1.807, 2.05) is 24.3 Å². The molecular weight excluding hydrogens is 346 g/mol. The maximum atomic E-state index is 11.8. The third-order valence-corrected chi connectivity index (χ3v) is 3.90. The molecule has 0 saturated carbocycles. The zero-order valence-electron chi connectivity index (χ0n) is 15.9. The van der Waals surface area contributed by atoms with Crippen LogP contribution in [0, 0.1) is 0 Å². The van der Waals surface area contributed by atoms with Gasteiger partial charge in [-0.2, -0.15) is 0 Å². The predicted molar refractivity (Wildman–Crippen MR) is 106 cm³/mol. The Kier molecular flexibility index (Phi) is 9.37. The molecule has 2 rings (SSSR count). The molecule has 0 bridgehead atoms. The van der Waals surface area contributed by atoms with E-state index in [4.69, 9.17) is 14.2 Å². The van der Waals surface area contributed by atoms with Crippen LogP contribution in [-0.2, 0) is 14.2 Å². The van der Waals surface area contributed by atoms with Gasteiger partial charge in [-0.3, -0.25) is 10.3 Å². The van der Waals surface area contributed by atoms with Crippen molar-refractivity contribution in [2.24, 2.45) is 4.99 Å². The Hall–Kier alpha value is -2.38. The summed E-state index contributed by atoms with van der Waals surface area (Å²) in [6.45, 7) is 7.68. The van der Waals surface area contributed by atoms with E-state index in [-0.39, 0.29) is 12.9 Å². The molecule has 0 unspecified atom stereocenters. The van der Waals surface area contributed by atoms with Crippen molar-refractivity contribution in [3.05, 3.63) is 42.5 Å². The molecule has 1 saturated heterocycles. The molecular formula is C20H29N3O4. The van der Waals surface area contributed by atoms with Gasteiger partial charge in [-0.15, -0.1) is 0 Å². The van der Waals surface area contributed by atoms with Crippen molar-refractivity contribution < 1.29 is 19.0 Å². The van der Waals surface area contributed by atoms with Crippen molar-refractivity contribution >= 4 is 17.7 Å². The first-order chi connectivity index (χ1) is 13.2. The number of ether oxygens (including phenoxy) is 3. The summed E-state index contributed by atoms with van der Waals surface area (Å²) in [6, 6.07) is 7.63. The summed E-state index contributed by atoms with van der Waals surface area (Å²) in [5.41, 5.74) is 1.75. The molecule has 1 aliphatic rings. The second-order valence-corrected chi connectivity index (χ2v) is 6.12. The number of hydrogen-bond acceptors (Lipinski definition) is 5. The number of rotatable bonds is 9. The third-order valence-electron chi connectivity index (χ3n) is 3.90. The van der Waals surface area contributed by atoms with Gasteiger partial charge in [-0.05, 0) is 18.6 Å². The number of carbonyl (C=O) groups excluding carboxylic acids is 1. The number of alkyl carbamates (subject to hydrolysis) is 1. The van der Waals surface area contributed by atoms with Gasteiger partial charge in [-0.1, -0.05) is 51.0 Å². The lowest BCUT2D eigenvalue weighted by Gasteiger charge is -2.13. The lowest BCUT2D eigenvalue weighted by atomic mass is 10.2. The smallest absolute Gasteiger partial charge is 0.414 e. The zero-order chi connectivity index (χ0) is 19.3. The molecule has 1 amide bonds.